The van der Waals surface area contributed by atoms with Crippen LogP contribution in [0.5, 0.6) is 0 Å². The summed E-state index contributed by atoms with van der Waals surface area (Å²) in [5, 5.41) is 0.892. The number of hydrogen-bond donors (Lipinski definition) is 1. The Morgan fingerprint density at radius 2 is 2.00 bits per heavy atom. The van der Waals surface area contributed by atoms with Crippen LogP contribution in [-0.4, -0.2) is 15.3 Å². The molecule has 0 bridgehead atoms. The van der Waals surface area contributed by atoms with Gasteiger partial charge in [0.15, 0.2) is 5.78 Å². The van der Waals surface area contributed by atoms with Crippen molar-refractivity contribution < 1.29 is 4.79 Å². The number of H-pyrrole nitrogens is 1. The largest absolute Gasteiger partial charge is 0.358 e. The van der Waals surface area contributed by atoms with Crippen molar-refractivity contribution in [1.29, 1.82) is 0 Å². The van der Waals surface area contributed by atoms with Crippen LogP contribution in [0.25, 0.3) is 10.9 Å². The van der Waals surface area contributed by atoms with E-state index in [1.807, 2.05) is 31.2 Å². The van der Waals surface area contributed by atoms with Gasteiger partial charge in [0.05, 0.1) is 6.54 Å². The molecule has 2 heterocycles. The molecule has 5 heteroatoms. The van der Waals surface area contributed by atoms with Crippen molar-refractivity contribution in [1.82, 2.24) is 9.55 Å². The van der Waals surface area contributed by atoms with E-state index in [0.717, 1.165) is 21.1 Å². The monoisotopic (exact) mass is 344 g/mol. The van der Waals surface area contributed by atoms with E-state index in [2.05, 4.69) is 20.9 Å². The second-order valence-corrected chi connectivity index (χ2v) is 5.82. The Balaban J connectivity index is 2.03. The van der Waals surface area contributed by atoms with Gasteiger partial charge in [-0.25, -0.2) is 0 Å². The fourth-order valence-corrected chi connectivity index (χ4v) is 2.87. The Labute approximate surface area is 129 Å². The van der Waals surface area contributed by atoms with Gasteiger partial charge in [-0.2, -0.15) is 0 Å². The zero-order valence-corrected chi connectivity index (χ0v) is 13.0. The highest BCUT2D eigenvalue weighted by Gasteiger charge is 2.16. The molecule has 1 aromatic carbocycles. The van der Waals surface area contributed by atoms with Gasteiger partial charge >= 0.3 is 0 Å². The molecular weight excluding hydrogens is 332 g/mol. The van der Waals surface area contributed by atoms with Crippen LogP contribution in [0, 0.1) is 6.92 Å². The van der Waals surface area contributed by atoms with Crippen LogP contribution in [0.1, 0.15) is 16.1 Å². The number of nitrogens with zero attached hydrogens (tertiary/aromatic N) is 1. The topological polar surface area (TPSA) is 54.9 Å². The van der Waals surface area contributed by atoms with Gasteiger partial charge in [-0.15, -0.1) is 0 Å². The number of benzene rings is 1. The minimum Gasteiger partial charge on any atom is -0.358 e. The number of halogens is 1. The van der Waals surface area contributed by atoms with Gasteiger partial charge in [-0.3, -0.25) is 9.59 Å². The normalized spacial score (nSPS) is 11.0. The summed E-state index contributed by atoms with van der Waals surface area (Å²) in [7, 11) is 0. The Kier molecular flexibility index (Phi) is 3.51. The van der Waals surface area contributed by atoms with Crippen LogP contribution in [0.15, 0.2) is 51.9 Å². The zero-order valence-electron chi connectivity index (χ0n) is 11.4. The lowest BCUT2D eigenvalue weighted by Gasteiger charge is -2.05. The van der Waals surface area contributed by atoms with Gasteiger partial charge in [-0.1, -0.05) is 18.2 Å². The number of para-hydroxylation sites is 1. The highest BCUT2D eigenvalue weighted by atomic mass is 79.9. The van der Waals surface area contributed by atoms with Gasteiger partial charge in [-0.05, 0) is 35.0 Å². The van der Waals surface area contributed by atoms with Crippen molar-refractivity contribution >= 4 is 32.6 Å². The number of nitrogens with one attached hydrogen (secondary N) is 1. The molecule has 0 aliphatic heterocycles. The maximum Gasteiger partial charge on any atom is 0.251 e. The van der Waals surface area contributed by atoms with Crippen molar-refractivity contribution in [3.05, 3.63) is 68.7 Å². The summed E-state index contributed by atoms with van der Waals surface area (Å²) in [6, 6.07) is 10.8. The summed E-state index contributed by atoms with van der Waals surface area (Å²) in [5.41, 5.74) is 2.21. The van der Waals surface area contributed by atoms with E-state index in [1.165, 1.54) is 10.6 Å². The fraction of sp³-hybridized carbons (Fsp3) is 0.125. The van der Waals surface area contributed by atoms with Crippen LogP contribution >= 0.6 is 15.9 Å². The number of Topliss-reactive ketones (excluding diaryl/α,β-unsaturated/α-hetero) is 1. The van der Waals surface area contributed by atoms with Gasteiger partial charge in [0.1, 0.15) is 0 Å². The molecule has 0 saturated carbocycles. The lowest BCUT2D eigenvalue weighted by Crippen LogP contribution is -2.23. The van der Waals surface area contributed by atoms with Gasteiger partial charge < -0.3 is 9.55 Å². The molecule has 0 spiro atoms. The van der Waals surface area contributed by atoms with Crippen molar-refractivity contribution in [3.8, 4) is 0 Å². The molecule has 3 rings (SSSR count). The molecule has 0 fully saturated rings. The summed E-state index contributed by atoms with van der Waals surface area (Å²) < 4.78 is 2.18. The molecule has 21 heavy (non-hydrogen) atoms. The van der Waals surface area contributed by atoms with Crippen molar-refractivity contribution in [2.75, 3.05) is 0 Å². The number of pyridine rings is 1. The Bertz CT molecular complexity index is 893. The van der Waals surface area contributed by atoms with Crippen molar-refractivity contribution in [2.24, 2.45) is 0 Å². The third-order valence-electron chi connectivity index (χ3n) is 3.43. The summed E-state index contributed by atoms with van der Waals surface area (Å²) in [6.45, 7) is 1.90. The molecule has 1 N–H and O–H groups in total. The number of ketones is 1. The van der Waals surface area contributed by atoms with E-state index >= 15 is 0 Å². The SMILES string of the molecule is Cc1[nH]c2ccccc2c1C(=O)Cn1cc(Br)ccc1=O. The van der Waals surface area contributed by atoms with Crippen LogP contribution in [-0.2, 0) is 6.54 Å². The molecule has 2 aromatic heterocycles. The first-order valence-electron chi connectivity index (χ1n) is 6.53. The molecule has 0 aliphatic rings. The fourth-order valence-electron chi connectivity index (χ4n) is 2.50. The summed E-state index contributed by atoms with van der Waals surface area (Å²) in [6.07, 6.45) is 1.63. The van der Waals surface area contributed by atoms with E-state index in [4.69, 9.17) is 0 Å². The first-order chi connectivity index (χ1) is 10.1. The minimum atomic E-state index is -0.191. The lowest BCUT2D eigenvalue weighted by atomic mass is 10.1. The van der Waals surface area contributed by atoms with Crippen LogP contribution < -0.4 is 5.56 Å². The number of aromatic amines is 1. The molecule has 3 aromatic rings. The Morgan fingerprint density at radius 3 is 2.81 bits per heavy atom. The number of fused-ring (bicyclic) bond motifs is 1. The Hall–Kier alpha value is -2.14. The van der Waals surface area contributed by atoms with E-state index in [-0.39, 0.29) is 17.9 Å². The van der Waals surface area contributed by atoms with Gasteiger partial charge in [0.2, 0.25) is 0 Å². The number of carbonyl (C=O) groups is 1. The molecule has 0 aliphatic carbocycles. The molecule has 0 saturated heterocycles. The number of hydrogen-bond acceptors (Lipinski definition) is 2. The summed E-state index contributed by atoms with van der Waals surface area (Å²) >= 11 is 3.31. The number of rotatable bonds is 3. The highest BCUT2D eigenvalue weighted by Crippen LogP contribution is 2.22. The molecule has 4 nitrogen and oxygen atoms in total. The standard InChI is InChI=1S/C16H13BrN2O2/c1-10-16(12-4-2-3-5-13(12)18-10)14(20)9-19-8-11(17)6-7-15(19)21/h2-8,18H,9H2,1H3. The maximum atomic E-state index is 12.6. The number of carbonyl (C=O) groups excluding carboxylic acids is 1. The summed E-state index contributed by atoms with van der Waals surface area (Å²) in [5.74, 6) is -0.0786. The smallest absolute Gasteiger partial charge is 0.251 e. The molecule has 0 radical (unpaired) electrons. The van der Waals surface area contributed by atoms with Crippen molar-refractivity contribution in [2.45, 2.75) is 13.5 Å². The molecule has 106 valence electrons. The second kappa shape index (κ2) is 5.33. The second-order valence-electron chi connectivity index (χ2n) is 4.91. The highest BCUT2D eigenvalue weighted by molar-refractivity contribution is 9.10. The summed E-state index contributed by atoms with van der Waals surface area (Å²) in [4.78, 5) is 27.6. The third kappa shape index (κ3) is 2.56. The molecule has 0 amide bonds. The van der Waals surface area contributed by atoms with Crippen LogP contribution in [0.3, 0.4) is 0 Å². The van der Waals surface area contributed by atoms with E-state index in [9.17, 15) is 9.59 Å². The predicted octanol–water partition coefficient (Wildman–Crippen LogP) is 3.28. The Morgan fingerprint density at radius 1 is 1.24 bits per heavy atom. The van der Waals surface area contributed by atoms with Crippen LogP contribution in [0.2, 0.25) is 0 Å². The van der Waals surface area contributed by atoms with Crippen LogP contribution in [0.4, 0.5) is 0 Å². The van der Waals surface area contributed by atoms with Gasteiger partial charge in [0.25, 0.3) is 5.56 Å². The number of aromatic nitrogens is 2. The molecular formula is C16H13BrN2O2. The first kappa shape index (κ1) is 13.8. The molecule has 0 atom stereocenters. The lowest BCUT2D eigenvalue weighted by molar-refractivity contribution is 0.0972. The molecule has 0 unspecified atom stereocenters. The van der Waals surface area contributed by atoms with Crippen molar-refractivity contribution in [3.63, 3.8) is 0 Å². The quantitative estimate of drug-likeness (QED) is 0.741. The zero-order chi connectivity index (χ0) is 15.0. The van der Waals surface area contributed by atoms with Gasteiger partial charge in [0, 0.05) is 38.9 Å². The first-order valence-corrected chi connectivity index (χ1v) is 7.32. The third-order valence-corrected chi connectivity index (χ3v) is 3.90. The average molecular weight is 345 g/mol. The van der Waals surface area contributed by atoms with E-state index < -0.39 is 0 Å². The maximum absolute atomic E-state index is 12.6. The predicted molar refractivity (Wildman–Crippen MR) is 85.8 cm³/mol. The van der Waals surface area contributed by atoms with E-state index in [0.29, 0.717) is 5.56 Å². The minimum absolute atomic E-state index is 0.0287. The average Bonchev–Trinajstić information content (AvgIpc) is 2.78. The van der Waals surface area contributed by atoms with E-state index in [1.54, 1.807) is 12.3 Å². The number of aryl methyl sites for hydroxylation is 1.